The summed E-state index contributed by atoms with van der Waals surface area (Å²) in [7, 11) is 0. The minimum Gasteiger partial charge on any atom is -0.455 e. The smallest absolute Gasteiger partial charge is 0.416 e. The van der Waals surface area contributed by atoms with Crippen LogP contribution in [0.15, 0.2) is 58.1 Å². The van der Waals surface area contributed by atoms with Gasteiger partial charge in [0.25, 0.3) is 11.8 Å². The van der Waals surface area contributed by atoms with Crippen molar-refractivity contribution in [2.75, 3.05) is 0 Å². The minimum atomic E-state index is -4.45. The summed E-state index contributed by atoms with van der Waals surface area (Å²) >= 11 is 0. The third-order valence-corrected chi connectivity index (χ3v) is 7.04. The molecule has 1 aromatic carbocycles. The molecule has 2 heterocycles. The molecule has 6 atom stereocenters. The van der Waals surface area contributed by atoms with Gasteiger partial charge >= 0.3 is 6.18 Å². The number of rotatable bonds is 3. The average Bonchev–Trinajstić information content (AvgIpc) is 3.38. The second kappa shape index (κ2) is 6.18. The number of alkyl halides is 3. The molecular weight excluding hydrogens is 409 g/mol. The molecule has 8 heteroatoms. The number of allylic oxidation sites excluding steroid dienone is 2. The first-order valence-electron chi connectivity index (χ1n) is 10.2. The van der Waals surface area contributed by atoms with E-state index >= 15 is 0 Å². The Morgan fingerprint density at radius 3 is 2.32 bits per heavy atom. The van der Waals surface area contributed by atoms with E-state index in [2.05, 4.69) is 17.3 Å². The van der Waals surface area contributed by atoms with Gasteiger partial charge in [0, 0.05) is 5.56 Å². The highest BCUT2D eigenvalue weighted by atomic mass is 19.4. The van der Waals surface area contributed by atoms with E-state index in [1.54, 1.807) is 0 Å². The number of hydrogen-bond donors (Lipinski definition) is 0. The maximum absolute atomic E-state index is 12.9. The van der Waals surface area contributed by atoms with Gasteiger partial charge in [0.05, 0.1) is 23.6 Å². The zero-order valence-electron chi connectivity index (χ0n) is 16.1. The highest BCUT2D eigenvalue weighted by molar-refractivity contribution is 6.06. The molecule has 2 amide bonds. The largest absolute Gasteiger partial charge is 0.455 e. The zero-order chi connectivity index (χ0) is 21.5. The first-order chi connectivity index (χ1) is 14.8. The molecule has 1 saturated heterocycles. The third kappa shape index (κ3) is 2.73. The van der Waals surface area contributed by atoms with Crippen molar-refractivity contribution in [3.8, 4) is 11.3 Å². The van der Waals surface area contributed by atoms with E-state index in [9.17, 15) is 22.8 Å². The van der Waals surface area contributed by atoms with Crippen LogP contribution < -0.4 is 0 Å². The van der Waals surface area contributed by atoms with E-state index in [1.807, 2.05) is 0 Å². The standard InChI is InChI=1S/C23H17F3N2O3/c24-23(25,26)12-3-1-2-11(8-12)18-7-4-13(31-18)10-27-28-21(29)19-14-5-6-15(17-9-16(14)17)20(19)22(28)30/h1-8,10,14-17,19-20H,9H2/b27-10-/t14-,15-,16-,17-,19+,20+/m0/s1. The van der Waals surface area contributed by atoms with Gasteiger partial charge in [0.1, 0.15) is 11.5 Å². The second-order valence-corrected chi connectivity index (χ2v) is 8.67. The number of hydrogen-bond acceptors (Lipinski definition) is 4. The van der Waals surface area contributed by atoms with Crippen LogP contribution >= 0.6 is 0 Å². The molecular formula is C23H17F3N2O3. The maximum atomic E-state index is 12.9. The Balaban J connectivity index is 1.23. The third-order valence-electron chi connectivity index (χ3n) is 7.04. The summed E-state index contributed by atoms with van der Waals surface area (Å²) < 4.78 is 44.4. The molecule has 4 aliphatic carbocycles. The maximum Gasteiger partial charge on any atom is 0.416 e. The highest BCUT2D eigenvalue weighted by Gasteiger charge is 2.67. The molecule has 0 radical (unpaired) electrons. The van der Waals surface area contributed by atoms with Crippen molar-refractivity contribution in [3.05, 3.63) is 59.9 Å². The number of imide groups is 1. The van der Waals surface area contributed by atoms with E-state index in [4.69, 9.17) is 4.42 Å². The van der Waals surface area contributed by atoms with Gasteiger partial charge in [-0.2, -0.15) is 23.3 Å². The van der Waals surface area contributed by atoms with Gasteiger partial charge in [-0.15, -0.1) is 0 Å². The fourth-order valence-electron chi connectivity index (χ4n) is 5.60. The van der Waals surface area contributed by atoms with Gasteiger partial charge in [-0.05, 0) is 54.4 Å². The summed E-state index contributed by atoms with van der Waals surface area (Å²) in [6, 6.07) is 7.89. The van der Waals surface area contributed by atoms with Crippen LogP contribution in [-0.2, 0) is 15.8 Å². The second-order valence-electron chi connectivity index (χ2n) is 8.67. The molecule has 2 aromatic rings. The van der Waals surface area contributed by atoms with Gasteiger partial charge < -0.3 is 4.42 Å². The van der Waals surface area contributed by atoms with Crippen molar-refractivity contribution in [1.82, 2.24) is 5.01 Å². The first-order valence-corrected chi connectivity index (χ1v) is 10.2. The van der Waals surface area contributed by atoms with Crippen LogP contribution in [0.1, 0.15) is 17.7 Å². The van der Waals surface area contributed by atoms with Crippen LogP contribution in [0.5, 0.6) is 0 Å². The van der Waals surface area contributed by atoms with Gasteiger partial charge in [-0.25, -0.2) is 0 Å². The topological polar surface area (TPSA) is 62.9 Å². The minimum absolute atomic E-state index is 0.118. The molecule has 158 valence electrons. The number of nitrogens with zero attached hydrogens (tertiary/aromatic N) is 2. The molecule has 0 N–H and O–H groups in total. The van der Waals surface area contributed by atoms with Gasteiger partial charge in [0.15, 0.2) is 0 Å². The number of carbonyl (C=O) groups is 2. The lowest BCUT2D eigenvalue weighted by Crippen LogP contribution is -2.40. The molecule has 0 spiro atoms. The number of benzene rings is 1. The van der Waals surface area contributed by atoms with E-state index in [0.717, 1.165) is 23.6 Å². The van der Waals surface area contributed by atoms with E-state index < -0.39 is 11.7 Å². The van der Waals surface area contributed by atoms with Crippen LogP contribution in [0.2, 0.25) is 0 Å². The van der Waals surface area contributed by atoms with Crippen LogP contribution in [0, 0.1) is 35.5 Å². The molecule has 1 aromatic heterocycles. The van der Waals surface area contributed by atoms with Crippen molar-refractivity contribution in [1.29, 1.82) is 0 Å². The van der Waals surface area contributed by atoms with Gasteiger partial charge in [-0.1, -0.05) is 24.3 Å². The van der Waals surface area contributed by atoms with Gasteiger partial charge in [0.2, 0.25) is 0 Å². The van der Waals surface area contributed by atoms with Crippen molar-refractivity contribution in [2.45, 2.75) is 12.6 Å². The van der Waals surface area contributed by atoms with Crippen molar-refractivity contribution >= 4 is 18.0 Å². The number of hydrazone groups is 1. The lowest BCUT2D eigenvalue weighted by atomic mass is 9.63. The molecule has 0 unspecified atom stereocenters. The van der Waals surface area contributed by atoms with Crippen LogP contribution in [0.4, 0.5) is 13.2 Å². The Morgan fingerprint density at radius 1 is 1.00 bits per heavy atom. The first kappa shape index (κ1) is 18.6. The van der Waals surface area contributed by atoms with Crippen LogP contribution in [0.3, 0.4) is 0 Å². The summed E-state index contributed by atoms with van der Waals surface area (Å²) in [5, 5.41) is 5.03. The average molecular weight is 426 g/mol. The summed E-state index contributed by atoms with van der Waals surface area (Å²) in [5.41, 5.74) is -0.496. The predicted octanol–water partition coefficient (Wildman–Crippen LogP) is 4.35. The Kier molecular flexibility index (Phi) is 3.71. The summed E-state index contributed by atoms with van der Waals surface area (Å²) in [4.78, 5) is 25.8. The molecule has 7 rings (SSSR count). The number of amides is 2. The Bertz CT molecular complexity index is 1130. The van der Waals surface area contributed by atoms with Crippen molar-refractivity contribution in [2.24, 2.45) is 40.6 Å². The number of furan rings is 1. The summed E-state index contributed by atoms with van der Waals surface area (Å²) in [6.07, 6.45) is 2.08. The Morgan fingerprint density at radius 2 is 1.68 bits per heavy atom. The van der Waals surface area contributed by atoms with E-state index in [0.29, 0.717) is 11.8 Å². The monoisotopic (exact) mass is 426 g/mol. The van der Waals surface area contributed by atoms with Crippen LogP contribution in [0.25, 0.3) is 11.3 Å². The van der Waals surface area contributed by atoms with Crippen LogP contribution in [-0.4, -0.2) is 23.0 Å². The highest BCUT2D eigenvalue weighted by Crippen LogP contribution is 2.65. The van der Waals surface area contributed by atoms with Gasteiger partial charge in [-0.3, -0.25) is 9.59 Å². The fraction of sp³-hybridized carbons (Fsp3) is 0.348. The van der Waals surface area contributed by atoms with Crippen molar-refractivity contribution in [3.63, 3.8) is 0 Å². The molecule has 1 aliphatic heterocycles. The van der Waals surface area contributed by atoms with Crippen molar-refractivity contribution < 1.29 is 27.2 Å². The van der Waals surface area contributed by atoms with E-state index in [-0.39, 0.29) is 52.6 Å². The molecule has 2 saturated carbocycles. The normalized spacial score (nSPS) is 33.3. The number of carbonyl (C=O) groups excluding carboxylic acids is 2. The van der Waals surface area contributed by atoms with E-state index in [1.165, 1.54) is 30.5 Å². The lowest BCUT2D eigenvalue weighted by molar-refractivity contribution is -0.140. The number of halogens is 3. The zero-order valence-corrected chi connectivity index (χ0v) is 16.1. The molecule has 31 heavy (non-hydrogen) atoms. The Labute approximate surface area is 175 Å². The predicted molar refractivity (Wildman–Crippen MR) is 103 cm³/mol. The Hall–Kier alpha value is -3.16. The fourth-order valence-corrected chi connectivity index (χ4v) is 5.60. The molecule has 2 bridgehead atoms. The molecule has 5 aliphatic rings. The molecule has 5 nitrogen and oxygen atoms in total. The summed E-state index contributed by atoms with van der Waals surface area (Å²) in [6.45, 7) is 0. The summed E-state index contributed by atoms with van der Waals surface area (Å²) in [5.74, 6) is 0.520. The SMILES string of the molecule is O=C1[C@@H]2[C@H]3C=C[C@@H]([C@@H]4C[C@@H]34)[C@H]2C(=O)N1/N=C\c1ccc(-c2cccc(C(F)(F)F)c2)o1. The quantitative estimate of drug-likeness (QED) is 0.416. The molecule has 3 fully saturated rings. The lowest BCUT2D eigenvalue weighted by Gasteiger charge is -2.37.